The van der Waals surface area contributed by atoms with Crippen molar-refractivity contribution in [2.75, 3.05) is 0 Å². The Kier molecular flexibility index (Phi) is 3.76. The van der Waals surface area contributed by atoms with Gasteiger partial charge in [-0.1, -0.05) is 19.3 Å². The van der Waals surface area contributed by atoms with Gasteiger partial charge in [-0.05, 0) is 37.8 Å². The van der Waals surface area contributed by atoms with E-state index >= 15 is 0 Å². The summed E-state index contributed by atoms with van der Waals surface area (Å²) in [6.07, 6.45) is 9.97. The molecule has 4 heteroatoms. The zero-order chi connectivity index (χ0) is 13.1. The van der Waals surface area contributed by atoms with Crippen molar-refractivity contribution in [2.24, 2.45) is 0 Å². The van der Waals surface area contributed by atoms with Gasteiger partial charge in [-0.2, -0.15) is 0 Å². The standard InChI is InChI=1S/C15H22N2O2/c18-15(16-12-5-2-1-3-6-12)17(13-8-9-13)11-14-7-4-10-19-14/h4,7,10,12-13H,1-3,5-6,8-9,11H2,(H,16,18). The molecule has 0 bridgehead atoms. The second kappa shape index (κ2) is 5.68. The highest BCUT2D eigenvalue weighted by Crippen LogP contribution is 2.29. The molecule has 0 unspecified atom stereocenters. The molecule has 2 aliphatic rings. The first-order valence-corrected chi connectivity index (χ1v) is 7.42. The molecule has 19 heavy (non-hydrogen) atoms. The van der Waals surface area contributed by atoms with Gasteiger partial charge in [0.25, 0.3) is 0 Å². The summed E-state index contributed by atoms with van der Waals surface area (Å²) in [7, 11) is 0. The van der Waals surface area contributed by atoms with E-state index in [0.29, 0.717) is 18.6 Å². The number of rotatable bonds is 4. The van der Waals surface area contributed by atoms with Crippen molar-refractivity contribution in [3.05, 3.63) is 24.2 Å². The van der Waals surface area contributed by atoms with Gasteiger partial charge in [0.05, 0.1) is 12.8 Å². The van der Waals surface area contributed by atoms with E-state index in [0.717, 1.165) is 31.4 Å². The molecule has 2 aliphatic carbocycles. The van der Waals surface area contributed by atoms with Crippen LogP contribution in [-0.2, 0) is 6.54 Å². The Balaban J connectivity index is 1.57. The minimum atomic E-state index is 0.0887. The molecular formula is C15H22N2O2. The Labute approximate surface area is 114 Å². The summed E-state index contributed by atoms with van der Waals surface area (Å²) in [4.78, 5) is 14.3. The van der Waals surface area contributed by atoms with Gasteiger partial charge in [0, 0.05) is 12.1 Å². The van der Waals surface area contributed by atoms with Gasteiger partial charge in [0.1, 0.15) is 5.76 Å². The van der Waals surface area contributed by atoms with Gasteiger partial charge in [-0.25, -0.2) is 4.79 Å². The largest absolute Gasteiger partial charge is 0.467 e. The number of urea groups is 1. The lowest BCUT2D eigenvalue weighted by atomic mass is 9.96. The minimum Gasteiger partial charge on any atom is -0.467 e. The maximum absolute atomic E-state index is 12.4. The van der Waals surface area contributed by atoms with E-state index in [1.807, 2.05) is 17.0 Å². The normalized spacial score (nSPS) is 20.2. The summed E-state index contributed by atoms with van der Waals surface area (Å²) in [5, 5.41) is 3.20. The topological polar surface area (TPSA) is 45.5 Å². The van der Waals surface area contributed by atoms with Crippen molar-refractivity contribution in [1.29, 1.82) is 0 Å². The van der Waals surface area contributed by atoms with Crippen LogP contribution in [0.1, 0.15) is 50.7 Å². The van der Waals surface area contributed by atoms with Crippen LogP contribution in [-0.4, -0.2) is 23.0 Å². The fraction of sp³-hybridized carbons (Fsp3) is 0.667. The number of carbonyl (C=O) groups is 1. The first kappa shape index (κ1) is 12.6. The van der Waals surface area contributed by atoms with Crippen LogP contribution in [0.3, 0.4) is 0 Å². The van der Waals surface area contributed by atoms with E-state index in [1.165, 1.54) is 19.3 Å². The Morgan fingerprint density at radius 3 is 2.68 bits per heavy atom. The second-order valence-corrected chi connectivity index (χ2v) is 5.72. The Bertz CT molecular complexity index is 406. The van der Waals surface area contributed by atoms with Crippen LogP contribution >= 0.6 is 0 Å². The van der Waals surface area contributed by atoms with E-state index in [9.17, 15) is 4.79 Å². The monoisotopic (exact) mass is 262 g/mol. The summed E-state index contributed by atoms with van der Waals surface area (Å²) >= 11 is 0. The number of furan rings is 1. The van der Waals surface area contributed by atoms with Crippen molar-refractivity contribution in [2.45, 2.75) is 63.6 Å². The molecule has 0 aromatic carbocycles. The molecule has 4 nitrogen and oxygen atoms in total. The van der Waals surface area contributed by atoms with Gasteiger partial charge in [0.2, 0.25) is 0 Å². The molecule has 0 aliphatic heterocycles. The third kappa shape index (κ3) is 3.31. The number of hydrogen-bond acceptors (Lipinski definition) is 2. The van der Waals surface area contributed by atoms with Crippen LogP contribution in [0.15, 0.2) is 22.8 Å². The zero-order valence-corrected chi connectivity index (χ0v) is 11.3. The van der Waals surface area contributed by atoms with Crippen molar-refractivity contribution in [1.82, 2.24) is 10.2 Å². The van der Waals surface area contributed by atoms with Gasteiger partial charge < -0.3 is 14.6 Å². The second-order valence-electron chi connectivity index (χ2n) is 5.72. The van der Waals surface area contributed by atoms with E-state index in [-0.39, 0.29) is 6.03 Å². The third-order valence-corrected chi connectivity index (χ3v) is 4.09. The first-order chi connectivity index (χ1) is 9.33. The highest BCUT2D eigenvalue weighted by Gasteiger charge is 2.34. The summed E-state index contributed by atoms with van der Waals surface area (Å²) in [6.45, 7) is 0.593. The van der Waals surface area contributed by atoms with Crippen LogP contribution in [0, 0.1) is 0 Å². The van der Waals surface area contributed by atoms with Gasteiger partial charge in [-0.3, -0.25) is 0 Å². The minimum absolute atomic E-state index is 0.0887. The van der Waals surface area contributed by atoms with Crippen LogP contribution in [0.25, 0.3) is 0 Å². The molecule has 1 N–H and O–H groups in total. The van der Waals surface area contributed by atoms with Crippen LogP contribution in [0.5, 0.6) is 0 Å². The zero-order valence-electron chi connectivity index (χ0n) is 11.3. The number of carbonyl (C=O) groups excluding carboxylic acids is 1. The number of nitrogens with zero attached hydrogens (tertiary/aromatic N) is 1. The summed E-state index contributed by atoms with van der Waals surface area (Å²) < 4.78 is 5.36. The van der Waals surface area contributed by atoms with Crippen LogP contribution < -0.4 is 5.32 Å². The predicted octanol–water partition coefficient (Wildman–Crippen LogP) is 3.29. The maximum atomic E-state index is 12.4. The Morgan fingerprint density at radius 2 is 2.05 bits per heavy atom. The molecule has 1 heterocycles. The lowest BCUT2D eigenvalue weighted by Gasteiger charge is -2.28. The van der Waals surface area contributed by atoms with Crippen LogP contribution in [0.4, 0.5) is 4.79 Å². The highest BCUT2D eigenvalue weighted by molar-refractivity contribution is 5.75. The molecule has 2 amide bonds. The average molecular weight is 262 g/mol. The van der Waals surface area contributed by atoms with Gasteiger partial charge >= 0.3 is 6.03 Å². The molecule has 2 saturated carbocycles. The molecule has 2 fully saturated rings. The Hall–Kier alpha value is -1.45. The van der Waals surface area contributed by atoms with Crippen LogP contribution in [0.2, 0.25) is 0 Å². The highest BCUT2D eigenvalue weighted by atomic mass is 16.3. The quantitative estimate of drug-likeness (QED) is 0.905. The molecular weight excluding hydrogens is 240 g/mol. The summed E-state index contributed by atoms with van der Waals surface area (Å²) in [5.74, 6) is 0.866. The fourth-order valence-corrected chi connectivity index (χ4v) is 2.83. The number of amides is 2. The van der Waals surface area contributed by atoms with E-state index in [1.54, 1.807) is 6.26 Å². The molecule has 0 saturated heterocycles. The molecule has 0 radical (unpaired) electrons. The van der Waals surface area contributed by atoms with Crippen molar-refractivity contribution < 1.29 is 9.21 Å². The predicted molar refractivity (Wildman–Crippen MR) is 72.7 cm³/mol. The van der Waals surface area contributed by atoms with E-state index in [2.05, 4.69) is 5.32 Å². The number of hydrogen-bond donors (Lipinski definition) is 1. The summed E-state index contributed by atoms with van der Waals surface area (Å²) in [5.41, 5.74) is 0. The van der Waals surface area contributed by atoms with Gasteiger partial charge in [-0.15, -0.1) is 0 Å². The smallest absolute Gasteiger partial charge is 0.318 e. The third-order valence-electron chi connectivity index (χ3n) is 4.09. The first-order valence-electron chi connectivity index (χ1n) is 7.42. The molecule has 104 valence electrons. The molecule has 0 spiro atoms. The Morgan fingerprint density at radius 1 is 1.26 bits per heavy atom. The molecule has 3 rings (SSSR count). The SMILES string of the molecule is O=C(NC1CCCCC1)N(Cc1ccco1)C1CC1. The van der Waals surface area contributed by atoms with Crippen molar-refractivity contribution in [3.8, 4) is 0 Å². The molecule has 1 aromatic heterocycles. The van der Waals surface area contributed by atoms with Gasteiger partial charge in [0.15, 0.2) is 0 Å². The van der Waals surface area contributed by atoms with E-state index in [4.69, 9.17) is 4.42 Å². The maximum Gasteiger partial charge on any atom is 0.318 e. The average Bonchev–Trinajstić information content (AvgIpc) is 3.14. The molecule has 1 aromatic rings. The fourth-order valence-electron chi connectivity index (χ4n) is 2.83. The number of nitrogens with one attached hydrogen (secondary N) is 1. The van der Waals surface area contributed by atoms with Crippen molar-refractivity contribution >= 4 is 6.03 Å². The lowest BCUT2D eigenvalue weighted by molar-refractivity contribution is 0.179. The summed E-state index contributed by atoms with van der Waals surface area (Å²) in [6, 6.07) is 4.68. The van der Waals surface area contributed by atoms with E-state index < -0.39 is 0 Å². The van der Waals surface area contributed by atoms with Crippen molar-refractivity contribution in [3.63, 3.8) is 0 Å². The molecule has 0 atom stereocenters. The lowest BCUT2D eigenvalue weighted by Crippen LogP contribution is -2.46.